The minimum Gasteiger partial charge on any atom is -0.496 e. The third-order valence-electron chi connectivity index (χ3n) is 3.77. The lowest BCUT2D eigenvalue weighted by molar-refractivity contribution is 0.274. The topological polar surface area (TPSA) is 29.5 Å². The van der Waals surface area contributed by atoms with Gasteiger partial charge in [-0.15, -0.1) is 0 Å². The third-order valence-corrected chi connectivity index (χ3v) is 3.77. The highest BCUT2D eigenvalue weighted by atomic mass is 16.5. The number of rotatable bonds is 4. The summed E-state index contributed by atoms with van der Waals surface area (Å²) in [4.78, 5) is 0. The molecule has 0 fully saturated rings. The number of methoxy groups -OCH3 is 1. The normalized spacial score (nSPS) is 10.5. The standard InChI is InChI=1S/C20H18O2/c1-22-20-12-11-16(13-17(20)14-21)19-10-6-5-9-18(19)15-7-3-2-4-8-15/h2-13,21H,14H2,1H3. The smallest absolute Gasteiger partial charge is 0.124 e. The van der Waals surface area contributed by atoms with Crippen molar-refractivity contribution in [1.29, 1.82) is 0 Å². The SMILES string of the molecule is COc1ccc(-c2ccccc2-c2ccccc2)cc1CO. The minimum atomic E-state index is -0.0372. The summed E-state index contributed by atoms with van der Waals surface area (Å²) in [7, 11) is 1.62. The van der Waals surface area contributed by atoms with E-state index in [0.29, 0.717) is 5.75 Å². The summed E-state index contributed by atoms with van der Waals surface area (Å²) < 4.78 is 5.28. The zero-order valence-corrected chi connectivity index (χ0v) is 12.5. The molecule has 0 aromatic heterocycles. The highest BCUT2D eigenvalue weighted by Crippen LogP contribution is 2.34. The molecule has 0 spiro atoms. The van der Waals surface area contributed by atoms with Gasteiger partial charge in [-0.1, -0.05) is 60.7 Å². The molecule has 0 atom stereocenters. The van der Waals surface area contributed by atoms with Gasteiger partial charge in [-0.25, -0.2) is 0 Å². The Hall–Kier alpha value is -2.58. The highest BCUT2D eigenvalue weighted by molar-refractivity contribution is 5.83. The first kappa shape index (κ1) is 14.4. The van der Waals surface area contributed by atoms with E-state index in [1.54, 1.807) is 7.11 Å². The van der Waals surface area contributed by atoms with E-state index in [-0.39, 0.29) is 6.61 Å². The summed E-state index contributed by atoms with van der Waals surface area (Å²) in [5.74, 6) is 0.712. The fraction of sp³-hybridized carbons (Fsp3) is 0.100. The molecule has 22 heavy (non-hydrogen) atoms. The first-order valence-electron chi connectivity index (χ1n) is 7.26. The molecular weight excluding hydrogens is 272 g/mol. The Labute approximate surface area is 130 Å². The molecule has 0 saturated carbocycles. The lowest BCUT2D eigenvalue weighted by atomic mass is 9.93. The number of aliphatic hydroxyl groups is 1. The largest absolute Gasteiger partial charge is 0.496 e. The van der Waals surface area contributed by atoms with Gasteiger partial charge in [0.1, 0.15) is 5.75 Å². The molecule has 1 N–H and O–H groups in total. The average Bonchev–Trinajstić information content (AvgIpc) is 2.62. The first-order chi connectivity index (χ1) is 10.8. The molecule has 2 heteroatoms. The van der Waals surface area contributed by atoms with E-state index in [4.69, 9.17) is 4.74 Å². The molecule has 0 radical (unpaired) electrons. The van der Waals surface area contributed by atoms with Crippen LogP contribution in [0.25, 0.3) is 22.3 Å². The molecule has 3 rings (SSSR count). The number of hydrogen-bond donors (Lipinski definition) is 1. The van der Waals surface area contributed by atoms with Gasteiger partial charge in [0.05, 0.1) is 13.7 Å². The lowest BCUT2D eigenvalue weighted by Gasteiger charge is -2.13. The van der Waals surface area contributed by atoms with Crippen LogP contribution in [0.1, 0.15) is 5.56 Å². The Morgan fingerprint density at radius 3 is 2.05 bits per heavy atom. The molecule has 0 unspecified atom stereocenters. The molecule has 2 nitrogen and oxygen atoms in total. The van der Waals surface area contributed by atoms with Crippen molar-refractivity contribution in [3.05, 3.63) is 78.4 Å². The van der Waals surface area contributed by atoms with E-state index in [2.05, 4.69) is 24.3 Å². The molecular formula is C20H18O2. The number of hydrogen-bond acceptors (Lipinski definition) is 2. The molecule has 0 aliphatic rings. The van der Waals surface area contributed by atoms with Crippen LogP contribution < -0.4 is 4.74 Å². The Bertz CT molecular complexity index is 764. The van der Waals surface area contributed by atoms with Crippen molar-refractivity contribution in [3.63, 3.8) is 0 Å². The second kappa shape index (κ2) is 6.46. The van der Waals surface area contributed by atoms with Crippen molar-refractivity contribution in [2.45, 2.75) is 6.61 Å². The summed E-state index contributed by atoms with van der Waals surface area (Å²) in [5.41, 5.74) is 5.37. The average molecular weight is 290 g/mol. The van der Waals surface area contributed by atoms with Crippen LogP contribution in [0, 0.1) is 0 Å². The fourth-order valence-corrected chi connectivity index (χ4v) is 2.67. The van der Waals surface area contributed by atoms with Crippen LogP contribution >= 0.6 is 0 Å². The maximum atomic E-state index is 9.53. The van der Waals surface area contributed by atoms with Gasteiger partial charge < -0.3 is 9.84 Å². The van der Waals surface area contributed by atoms with Crippen molar-refractivity contribution < 1.29 is 9.84 Å². The molecule has 0 amide bonds. The minimum absolute atomic E-state index is 0.0372. The molecule has 0 aliphatic carbocycles. The van der Waals surface area contributed by atoms with Gasteiger partial charge >= 0.3 is 0 Å². The highest BCUT2D eigenvalue weighted by Gasteiger charge is 2.09. The Kier molecular flexibility index (Phi) is 4.22. The second-order valence-electron chi connectivity index (χ2n) is 5.10. The maximum Gasteiger partial charge on any atom is 0.124 e. The van der Waals surface area contributed by atoms with Crippen molar-refractivity contribution in [1.82, 2.24) is 0 Å². The van der Waals surface area contributed by atoms with Gasteiger partial charge in [-0.3, -0.25) is 0 Å². The Balaban J connectivity index is 2.14. The molecule has 3 aromatic rings. The summed E-state index contributed by atoms with van der Waals surface area (Å²) in [6.45, 7) is -0.0372. The number of aliphatic hydroxyl groups excluding tert-OH is 1. The van der Waals surface area contributed by atoms with Crippen LogP contribution in [-0.2, 0) is 6.61 Å². The predicted molar refractivity (Wildman–Crippen MR) is 89.8 cm³/mol. The maximum absolute atomic E-state index is 9.53. The van der Waals surface area contributed by atoms with Crippen LogP contribution in [0.5, 0.6) is 5.75 Å². The molecule has 0 saturated heterocycles. The van der Waals surface area contributed by atoms with E-state index < -0.39 is 0 Å². The van der Waals surface area contributed by atoms with E-state index in [9.17, 15) is 5.11 Å². The van der Waals surface area contributed by atoms with Crippen molar-refractivity contribution >= 4 is 0 Å². The lowest BCUT2D eigenvalue weighted by Crippen LogP contribution is -1.93. The van der Waals surface area contributed by atoms with Crippen molar-refractivity contribution in [2.75, 3.05) is 7.11 Å². The van der Waals surface area contributed by atoms with Gasteiger partial charge in [0.2, 0.25) is 0 Å². The molecule has 0 aliphatic heterocycles. The van der Waals surface area contributed by atoms with E-state index in [0.717, 1.165) is 16.7 Å². The van der Waals surface area contributed by atoms with Crippen molar-refractivity contribution in [3.8, 4) is 28.0 Å². The molecule has 110 valence electrons. The van der Waals surface area contributed by atoms with Crippen LogP contribution in [0.15, 0.2) is 72.8 Å². The Morgan fingerprint density at radius 2 is 1.41 bits per heavy atom. The van der Waals surface area contributed by atoms with Gasteiger partial charge in [0, 0.05) is 5.56 Å². The van der Waals surface area contributed by atoms with E-state index >= 15 is 0 Å². The van der Waals surface area contributed by atoms with Gasteiger partial charge in [-0.2, -0.15) is 0 Å². The molecule has 0 heterocycles. The summed E-state index contributed by atoms with van der Waals surface area (Å²) in [5, 5.41) is 9.53. The monoisotopic (exact) mass is 290 g/mol. The zero-order valence-electron chi connectivity index (χ0n) is 12.5. The first-order valence-corrected chi connectivity index (χ1v) is 7.26. The number of ether oxygens (including phenoxy) is 1. The predicted octanol–water partition coefficient (Wildman–Crippen LogP) is 4.52. The summed E-state index contributed by atoms with van der Waals surface area (Å²) in [6, 6.07) is 24.5. The fourth-order valence-electron chi connectivity index (χ4n) is 2.67. The quantitative estimate of drug-likeness (QED) is 0.765. The van der Waals surface area contributed by atoms with Crippen LogP contribution in [-0.4, -0.2) is 12.2 Å². The van der Waals surface area contributed by atoms with Gasteiger partial charge in [0.15, 0.2) is 0 Å². The molecule has 3 aromatic carbocycles. The third kappa shape index (κ3) is 2.74. The molecule has 0 bridgehead atoms. The summed E-state index contributed by atoms with van der Waals surface area (Å²) >= 11 is 0. The van der Waals surface area contributed by atoms with Gasteiger partial charge in [-0.05, 0) is 34.4 Å². The van der Waals surface area contributed by atoms with Crippen molar-refractivity contribution in [2.24, 2.45) is 0 Å². The second-order valence-corrected chi connectivity index (χ2v) is 5.10. The van der Waals surface area contributed by atoms with E-state index in [1.165, 1.54) is 11.1 Å². The summed E-state index contributed by atoms with van der Waals surface area (Å²) in [6.07, 6.45) is 0. The van der Waals surface area contributed by atoms with Crippen LogP contribution in [0.4, 0.5) is 0 Å². The van der Waals surface area contributed by atoms with Gasteiger partial charge in [0.25, 0.3) is 0 Å². The van der Waals surface area contributed by atoms with E-state index in [1.807, 2.05) is 48.5 Å². The van der Waals surface area contributed by atoms with Crippen LogP contribution in [0.2, 0.25) is 0 Å². The zero-order chi connectivity index (χ0) is 15.4. The Morgan fingerprint density at radius 1 is 0.773 bits per heavy atom. The number of benzene rings is 3. The van der Waals surface area contributed by atoms with Crippen LogP contribution in [0.3, 0.4) is 0 Å².